The minimum absolute atomic E-state index is 1.07. The van der Waals surface area contributed by atoms with Crippen molar-refractivity contribution in [2.45, 2.75) is 18.7 Å². The summed E-state index contributed by atoms with van der Waals surface area (Å²) < 4.78 is 0. The SMILES string of the molecule is Cc1ccc2cc(C)c(S)cc2c1. The Morgan fingerprint density at radius 3 is 2.46 bits per heavy atom. The van der Waals surface area contributed by atoms with Crippen LogP contribution < -0.4 is 0 Å². The van der Waals surface area contributed by atoms with E-state index in [0.29, 0.717) is 0 Å². The molecule has 0 aromatic heterocycles. The third-order valence-corrected chi connectivity index (χ3v) is 2.79. The molecular weight excluding hydrogens is 176 g/mol. The topological polar surface area (TPSA) is 0 Å². The first kappa shape index (κ1) is 8.64. The van der Waals surface area contributed by atoms with E-state index in [-0.39, 0.29) is 0 Å². The second kappa shape index (κ2) is 3.08. The molecule has 66 valence electrons. The van der Waals surface area contributed by atoms with E-state index in [1.54, 1.807) is 0 Å². The lowest BCUT2D eigenvalue weighted by Crippen LogP contribution is -1.80. The molecule has 2 aromatic carbocycles. The third kappa shape index (κ3) is 1.56. The number of rotatable bonds is 0. The van der Waals surface area contributed by atoms with E-state index in [9.17, 15) is 0 Å². The average Bonchev–Trinajstić information content (AvgIpc) is 2.08. The van der Waals surface area contributed by atoms with Crippen molar-refractivity contribution >= 4 is 23.4 Å². The van der Waals surface area contributed by atoms with Crippen LogP contribution in [0.25, 0.3) is 10.8 Å². The standard InChI is InChI=1S/C12H12S/c1-8-3-4-10-6-9(2)12(13)7-11(10)5-8/h3-7,13H,1-2H3. The van der Waals surface area contributed by atoms with Gasteiger partial charge in [0.1, 0.15) is 0 Å². The molecule has 0 aliphatic carbocycles. The Kier molecular flexibility index (Phi) is 2.04. The number of aryl methyl sites for hydroxylation is 2. The molecule has 0 amide bonds. The van der Waals surface area contributed by atoms with E-state index in [1.165, 1.54) is 21.9 Å². The van der Waals surface area contributed by atoms with Crippen LogP contribution in [0.2, 0.25) is 0 Å². The summed E-state index contributed by atoms with van der Waals surface area (Å²) in [6, 6.07) is 10.8. The Morgan fingerprint density at radius 1 is 0.923 bits per heavy atom. The highest BCUT2D eigenvalue weighted by Gasteiger charge is 1.97. The molecule has 0 radical (unpaired) electrons. The van der Waals surface area contributed by atoms with E-state index in [4.69, 9.17) is 0 Å². The first-order valence-electron chi connectivity index (χ1n) is 4.37. The number of thiol groups is 1. The van der Waals surface area contributed by atoms with Gasteiger partial charge in [-0.2, -0.15) is 0 Å². The van der Waals surface area contributed by atoms with Gasteiger partial charge in [0.15, 0.2) is 0 Å². The second-order valence-corrected chi connectivity index (χ2v) is 3.97. The van der Waals surface area contributed by atoms with E-state index >= 15 is 0 Å². The summed E-state index contributed by atoms with van der Waals surface area (Å²) in [6.07, 6.45) is 0. The first-order valence-corrected chi connectivity index (χ1v) is 4.81. The largest absolute Gasteiger partial charge is 0.143 e. The van der Waals surface area contributed by atoms with E-state index in [1.807, 2.05) is 0 Å². The molecule has 0 aliphatic rings. The molecule has 0 saturated heterocycles. The highest BCUT2D eigenvalue weighted by Crippen LogP contribution is 2.22. The van der Waals surface area contributed by atoms with Crippen molar-refractivity contribution < 1.29 is 0 Å². The van der Waals surface area contributed by atoms with Crippen LogP contribution in [0.1, 0.15) is 11.1 Å². The quantitative estimate of drug-likeness (QED) is 0.598. The third-order valence-electron chi connectivity index (χ3n) is 2.31. The molecule has 0 N–H and O–H groups in total. The maximum absolute atomic E-state index is 4.41. The maximum Gasteiger partial charge on any atom is 0.00756 e. The monoisotopic (exact) mass is 188 g/mol. The van der Waals surface area contributed by atoms with Crippen molar-refractivity contribution in [3.63, 3.8) is 0 Å². The number of benzene rings is 2. The maximum atomic E-state index is 4.41. The van der Waals surface area contributed by atoms with Gasteiger partial charge in [0.05, 0.1) is 0 Å². The zero-order valence-electron chi connectivity index (χ0n) is 7.83. The predicted octanol–water partition coefficient (Wildman–Crippen LogP) is 3.75. The molecule has 1 heteroatoms. The molecule has 0 heterocycles. The molecule has 0 fully saturated rings. The molecule has 0 bridgehead atoms. The van der Waals surface area contributed by atoms with Crippen molar-refractivity contribution in [1.29, 1.82) is 0 Å². The zero-order valence-corrected chi connectivity index (χ0v) is 8.73. The summed E-state index contributed by atoms with van der Waals surface area (Å²) in [7, 11) is 0. The summed E-state index contributed by atoms with van der Waals surface area (Å²) in [4.78, 5) is 1.07. The van der Waals surface area contributed by atoms with Gasteiger partial charge >= 0.3 is 0 Å². The van der Waals surface area contributed by atoms with Crippen LogP contribution in [0.15, 0.2) is 35.2 Å². The average molecular weight is 188 g/mol. The fourth-order valence-electron chi connectivity index (χ4n) is 1.52. The van der Waals surface area contributed by atoms with Crippen LogP contribution >= 0.6 is 12.6 Å². The van der Waals surface area contributed by atoms with Gasteiger partial charge in [-0.1, -0.05) is 29.8 Å². The summed E-state index contributed by atoms with van der Waals surface area (Å²) in [6.45, 7) is 4.19. The molecule has 13 heavy (non-hydrogen) atoms. The minimum Gasteiger partial charge on any atom is -0.143 e. The lowest BCUT2D eigenvalue weighted by Gasteiger charge is -2.03. The van der Waals surface area contributed by atoms with Crippen molar-refractivity contribution in [3.8, 4) is 0 Å². The van der Waals surface area contributed by atoms with Crippen LogP contribution in [0.5, 0.6) is 0 Å². The van der Waals surface area contributed by atoms with Crippen molar-refractivity contribution in [2.24, 2.45) is 0 Å². The Bertz CT molecular complexity index is 458. The fraction of sp³-hybridized carbons (Fsp3) is 0.167. The highest BCUT2D eigenvalue weighted by atomic mass is 32.1. The number of fused-ring (bicyclic) bond motifs is 1. The smallest absolute Gasteiger partial charge is 0.00756 e. The van der Waals surface area contributed by atoms with Gasteiger partial charge in [-0.25, -0.2) is 0 Å². The predicted molar refractivity (Wildman–Crippen MR) is 60.7 cm³/mol. The van der Waals surface area contributed by atoms with Gasteiger partial charge in [-0.15, -0.1) is 12.6 Å². The van der Waals surface area contributed by atoms with Gasteiger partial charge in [0.2, 0.25) is 0 Å². The van der Waals surface area contributed by atoms with Crippen LogP contribution in [-0.4, -0.2) is 0 Å². The molecule has 0 atom stereocenters. The molecule has 2 rings (SSSR count). The molecular formula is C12H12S. The molecule has 0 nitrogen and oxygen atoms in total. The lowest BCUT2D eigenvalue weighted by molar-refractivity contribution is 1.34. The zero-order chi connectivity index (χ0) is 9.42. The van der Waals surface area contributed by atoms with Gasteiger partial charge in [-0.05, 0) is 36.2 Å². The molecule has 0 aliphatic heterocycles. The summed E-state index contributed by atoms with van der Waals surface area (Å²) in [5.41, 5.74) is 2.53. The van der Waals surface area contributed by atoms with E-state index in [2.05, 4.69) is 56.8 Å². The molecule has 2 aromatic rings. The van der Waals surface area contributed by atoms with Gasteiger partial charge in [-0.3, -0.25) is 0 Å². The van der Waals surface area contributed by atoms with Gasteiger partial charge < -0.3 is 0 Å². The minimum atomic E-state index is 1.07. The van der Waals surface area contributed by atoms with Crippen molar-refractivity contribution in [1.82, 2.24) is 0 Å². The molecule has 0 spiro atoms. The van der Waals surface area contributed by atoms with E-state index < -0.39 is 0 Å². The normalized spacial score (nSPS) is 10.7. The Hall–Kier alpha value is -0.950. The van der Waals surface area contributed by atoms with Crippen LogP contribution in [-0.2, 0) is 0 Å². The van der Waals surface area contributed by atoms with Crippen molar-refractivity contribution in [2.75, 3.05) is 0 Å². The van der Waals surface area contributed by atoms with Crippen LogP contribution in [0.4, 0.5) is 0 Å². The summed E-state index contributed by atoms with van der Waals surface area (Å²) in [5.74, 6) is 0. The number of hydrogen-bond acceptors (Lipinski definition) is 1. The van der Waals surface area contributed by atoms with Gasteiger partial charge in [0, 0.05) is 4.90 Å². The summed E-state index contributed by atoms with van der Waals surface area (Å²) >= 11 is 4.41. The molecule has 0 saturated carbocycles. The van der Waals surface area contributed by atoms with E-state index in [0.717, 1.165) is 4.90 Å². The number of hydrogen-bond donors (Lipinski definition) is 1. The highest BCUT2D eigenvalue weighted by molar-refractivity contribution is 7.80. The molecule has 0 unspecified atom stereocenters. The van der Waals surface area contributed by atoms with Crippen LogP contribution in [0, 0.1) is 13.8 Å². The Morgan fingerprint density at radius 2 is 1.69 bits per heavy atom. The van der Waals surface area contributed by atoms with Crippen LogP contribution in [0.3, 0.4) is 0 Å². The summed E-state index contributed by atoms with van der Waals surface area (Å²) in [5, 5.41) is 2.57. The Balaban J connectivity index is 2.81. The lowest BCUT2D eigenvalue weighted by atomic mass is 10.1. The first-order chi connectivity index (χ1) is 6.16. The van der Waals surface area contributed by atoms with Crippen molar-refractivity contribution in [3.05, 3.63) is 41.5 Å². The second-order valence-electron chi connectivity index (χ2n) is 3.49. The fourth-order valence-corrected chi connectivity index (χ4v) is 1.72. The Labute approximate surface area is 84.0 Å². The van der Waals surface area contributed by atoms with Gasteiger partial charge in [0.25, 0.3) is 0 Å².